The zero-order chi connectivity index (χ0) is 17.7. The molecule has 1 N–H and O–H groups in total. The van der Waals surface area contributed by atoms with Crippen LogP contribution in [0, 0.1) is 15.9 Å². The number of nitro benzene ring substituents is 1. The Kier molecular flexibility index (Phi) is 6.08. The number of para-hydroxylation sites is 1. The maximum absolute atomic E-state index is 13.8. The van der Waals surface area contributed by atoms with E-state index in [1.54, 1.807) is 6.07 Å². The first-order valence-electron chi connectivity index (χ1n) is 8.08. The zero-order valence-corrected chi connectivity index (χ0v) is 14.0. The van der Waals surface area contributed by atoms with Gasteiger partial charge in [0.15, 0.2) is 0 Å². The summed E-state index contributed by atoms with van der Waals surface area (Å²) in [5.74, 6) is -0.856. The van der Waals surface area contributed by atoms with Crippen molar-refractivity contribution in [3.8, 4) is 0 Å². The van der Waals surface area contributed by atoms with Crippen molar-refractivity contribution in [1.82, 2.24) is 10.2 Å². The maximum atomic E-state index is 13.8. The van der Waals surface area contributed by atoms with Crippen LogP contribution in [-0.4, -0.2) is 54.5 Å². The Balaban J connectivity index is 2.05. The number of carbonyl (C=O) groups excluding carboxylic acids is 1. The molecule has 2 rings (SSSR count). The van der Waals surface area contributed by atoms with Crippen LogP contribution in [0.4, 0.5) is 15.8 Å². The third-order valence-corrected chi connectivity index (χ3v) is 3.89. The van der Waals surface area contributed by atoms with E-state index >= 15 is 0 Å². The van der Waals surface area contributed by atoms with E-state index in [0.29, 0.717) is 31.9 Å². The summed E-state index contributed by atoms with van der Waals surface area (Å²) >= 11 is 0. The van der Waals surface area contributed by atoms with E-state index in [0.717, 1.165) is 19.0 Å². The molecule has 0 saturated carbocycles. The summed E-state index contributed by atoms with van der Waals surface area (Å²) in [5, 5.41) is 14.0. The Hall–Kier alpha value is -2.22. The van der Waals surface area contributed by atoms with Gasteiger partial charge in [-0.1, -0.05) is 6.07 Å². The molecule has 132 valence electrons. The van der Waals surface area contributed by atoms with Gasteiger partial charge in [0.1, 0.15) is 5.69 Å². The molecule has 1 aliphatic heterocycles. The number of anilines is 1. The van der Waals surface area contributed by atoms with Gasteiger partial charge in [-0.05, 0) is 32.4 Å². The fraction of sp³-hybridized carbons (Fsp3) is 0.562. The lowest BCUT2D eigenvalue weighted by atomic mass is 10.2. The predicted molar refractivity (Wildman–Crippen MR) is 89.6 cm³/mol. The molecule has 24 heavy (non-hydrogen) atoms. The molecule has 0 radical (unpaired) electrons. The number of nitrogens with one attached hydrogen (secondary N) is 1. The van der Waals surface area contributed by atoms with Crippen LogP contribution in [0.1, 0.15) is 20.3 Å². The average molecular weight is 338 g/mol. The van der Waals surface area contributed by atoms with Gasteiger partial charge < -0.3 is 10.2 Å². The number of amides is 1. The van der Waals surface area contributed by atoms with Gasteiger partial charge in [0, 0.05) is 32.2 Å². The third-order valence-electron chi connectivity index (χ3n) is 3.89. The Morgan fingerprint density at radius 2 is 2.08 bits per heavy atom. The molecule has 8 heteroatoms. The van der Waals surface area contributed by atoms with Gasteiger partial charge in [0.2, 0.25) is 11.7 Å². The minimum absolute atomic E-state index is 0.0322. The van der Waals surface area contributed by atoms with E-state index in [4.69, 9.17) is 0 Å². The number of halogens is 1. The molecule has 0 atom stereocenters. The van der Waals surface area contributed by atoms with Crippen molar-refractivity contribution in [3.05, 3.63) is 34.1 Å². The highest BCUT2D eigenvalue weighted by Gasteiger charge is 2.26. The van der Waals surface area contributed by atoms with E-state index in [1.165, 1.54) is 6.07 Å². The average Bonchev–Trinajstić information content (AvgIpc) is 2.71. The van der Waals surface area contributed by atoms with Crippen molar-refractivity contribution in [2.45, 2.75) is 26.3 Å². The van der Waals surface area contributed by atoms with Gasteiger partial charge in [-0.15, -0.1) is 0 Å². The second-order valence-electron chi connectivity index (χ2n) is 6.20. The molecule has 0 aromatic heterocycles. The molecule has 1 aliphatic rings. The summed E-state index contributed by atoms with van der Waals surface area (Å²) in [4.78, 5) is 26.2. The smallest absolute Gasteiger partial charge is 0.327 e. The number of hydrogen-bond acceptors (Lipinski definition) is 5. The molecular formula is C16H23FN4O3. The summed E-state index contributed by atoms with van der Waals surface area (Å²) < 4.78 is 13.8. The van der Waals surface area contributed by atoms with Crippen molar-refractivity contribution in [1.29, 1.82) is 0 Å². The first kappa shape index (κ1) is 18.1. The van der Waals surface area contributed by atoms with E-state index in [-0.39, 0.29) is 11.9 Å². The first-order valence-corrected chi connectivity index (χ1v) is 8.08. The van der Waals surface area contributed by atoms with Gasteiger partial charge in [0.25, 0.3) is 0 Å². The molecule has 1 amide bonds. The maximum Gasteiger partial charge on any atom is 0.327 e. The fourth-order valence-corrected chi connectivity index (χ4v) is 2.88. The normalized spacial score (nSPS) is 16.1. The highest BCUT2D eigenvalue weighted by molar-refractivity contribution is 5.78. The molecule has 1 aromatic carbocycles. The SMILES string of the molecule is CC(C)NC(=O)CN1CCCN(c2cccc(F)c2[N+](=O)[O-])CC1. The van der Waals surface area contributed by atoms with Crippen LogP contribution in [0.2, 0.25) is 0 Å². The second-order valence-corrected chi connectivity index (χ2v) is 6.20. The highest BCUT2D eigenvalue weighted by Crippen LogP contribution is 2.31. The fourth-order valence-electron chi connectivity index (χ4n) is 2.88. The second kappa shape index (κ2) is 8.05. The Morgan fingerprint density at radius 1 is 1.33 bits per heavy atom. The standard InChI is InChI=1S/C16H23FN4O3/c1-12(2)18-15(22)11-19-7-4-8-20(10-9-19)14-6-3-5-13(17)16(14)21(23)24/h3,5-6,12H,4,7-11H2,1-2H3,(H,18,22). The summed E-state index contributed by atoms with van der Waals surface area (Å²) in [6, 6.07) is 4.25. The van der Waals surface area contributed by atoms with Crippen LogP contribution in [0.15, 0.2) is 18.2 Å². The van der Waals surface area contributed by atoms with Crippen molar-refractivity contribution in [2.24, 2.45) is 0 Å². The Labute approximate surface area is 140 Å². The van der Waals surface area contributed by atoms with Crippen molar-refractivity contribution >= 4 is 17.3 Å². The molecule has 0 aliphatic carbocycles. The summed E-state index contributed by atoms with van der Waals surface area (Å²) in [6.07, 6.45) is 0.753. The van der Waals surface area contributed by atoms with Crippen LogP contribution in [0.5, 0.6) is 0 Å². The summed E-state index contributed by atoms with van der Waals surface area (Å²) in [6.45, 7) is 6.55. The van der Waals surface area contributed by atoms with Crippen LogP contribution in [-0.2, 0) is 4.79 Å². The summed E-state index contributed by atoms with van der Waals surface area (Å²) in [5.41, 5.74) is -0.183. The molecule has 0 unspecified atom stereocenters. The van der Waals surface area contributed by atoms with Crippen molar-refractivity contribution in [2.75, 3.05) is 37.6 Å². The van der Waals surface area contributed by atoms with Crippen LogP contribution in [0.25, 0.3) is 0 Å². The Morgan fingerprint density at radius 3 is 2.75 bits per heavy atom. The van der Waals surface area contributed by atoms with Crippen LogP contribution in [0.3, 0.4) is 0 Å². The quantitative estimate of drug-likeness (QED) is 0.654. The highest BCUT2D eigenvalue weighted by atomic mass is 19.1. The summed E-state index contributed by atoms with van der Waals surface area (Å²) in [7, 11) is 0. The van der Waals surface area contributed by atoms with Gasteiger partial charge in [-0.25, -0.2) is 0 Å². The number of benzene rings is 1. The van der Waals surface area contributed by atoms with Crippen LogP contribution < -0.4 is 10.2 Å². The number of carbonyl (C=O) groups is 1. The lowest BCUT2D eigenvalue weighted by molar-refractivity contribution is -0.386. The topological polar surface area (TPSA) is 78.7 Å². The molecule has 7 nitrogen and oxygen atoms in total. The lowest BCUT2D eigenvalue weighted by Crippen LogP contribution is -2.41. The number of rotatable bonds is 5. The monoisotopic (exact) mass is 338 g/mol. The molecule has 1 aromatic rings. The number of nitrogens with zero attached hydrogens (tertiary/aromatic N) is 3. The third kappa shape index (κ3) is 4.64. The van der Waals surface area contributed by atoms with Crippen molar-refractivity contribution < 1.29 is 14.1 Å². The first-order chi connectivity index (χ1) is 11.4. The molecule has 0 bridgehead atoms. The van der Waals surface area contributed by atoms with Gasteiger partial charge in [-0.3, -0.25) is 19.8 Å². The van der Waals surface area contributed by atoms with Gasteiger partial charge in [0.05, 0.1) is 11.5 Å². The minimum Gasteiger partial charge on any atom is -0.365 e. The molecule has 1 heterocycles. The lowest BCUT2D eigenvalue weighted by Gasteiger charge is -2.23. The zero-order valence-electron chi connectivity index (χ0n) is 14.0. The number of nitro groups is 1. The van der Waals surface area contributed by atoms with E-state index in [9.17, 15) is 19.3 Å². The van der Waals surface area contributed by atoms with Gasteiger partial charge in [-0.2, -0.15) is 4.39 Å². The van der Waals surface area contributed by atoms with Crippen LogP contribution >= 0.6 is 0 Å². The molecular weight excluding hydrogens is 315 g/mol. The Bertz CT molecular complexity index is 609. The molecule has 1 fully saturated rings. The van der Waals surface area contributed by atoms with E-state index < -0.39 is 16.4 Å². The molecule has 1 saturated heterocycles. The molecule has 0 spiro atoms. The van der Waals surface area contributed by atoms with Crippen molar-refractivity contribution in [3.63, 3.8) is 0 Å². The van der Waals surface area contributed by atoms with E-state index in [2.05, 4.69) is 5.32 Å². The predicted octanol–water partition coefficient (Wildman–Crippen LogP) is 1.77. The van der Waals surface area contributed by atoms with Gasteiger partial charge >= 0.3 is 5.69 Å². The largest absolute Gasteiger partial charge is 0.365 e. The minimum atomic E-state index is -0.824. The van der Waals surface area contributed by atoms with E-state index in [1.807, 2.05) is 23.6 Å². The number of hydrogen-bond donors (Lipinski definition) is 1.